The summed E-state index contributed by atoms with van der Waals surface area (Å²) in [7, 11) is 1.91. The van der Waals surface area contributed by atoms with Gasteiger partial charge in [0.1, 0.15) is 0 Å². The van der Waals surface area contributed by atoms with E-state index in [2.05, 4.69) is 5.32 Å². The Morgan fingerprint density at radius 2 is 1.89 bits per heavy atom. The molecule has 19 heavy (non-hydrogen) atoms. The molecule has 3 saturated heterocycles. The third-order valence-electron chi connectivity index (χ3n) is 4.43. The zero-order valence-electron chi connectivity index (χ0n) is 11.3. The maximum Gasteiger partial charge on any atom is 0.254 e. The van der Waals surface area contributed by atoms with Crippen LogP contribution in [0.25, 0.3) is 0 Å². The van der Waals surface area contributed by atoms with Gasteiger partial charge in [0, 0.05) is 25.2 Å². The highest BCUT2D eigenvalue weighted by atomic mass is 35.5. The highest BCUT2D eigenvalue weighted by Crippen LogP contribution is 2.29. The van der Waals surface area contributed by atoms with Gasteiger partial charge in [0.15, 0.2) is 6.10 Å². The number of halogens is 1. The fraction of sp³-hybridized carbons (Fsp3) is 0.923. The Morgan fingerprint density at radius 1 is 1.21 bits per heavy atom. The second-order valence-corrected chi connectivity index (χ2v) is 5.65. The molecule has 2 bridgehead atoms. The Morgan fingerprint density at radius 3 is 2.47 bits per heavy atom. The lowest BCUT2D eigenvalue weighted by Crippen LogP contribution is -2.52. The summed E-state index contributed by atoms with van der Waals surface area (Å²) in [5.74, 6) is 0.0843. The van der Waals surface area contributed by atoms with E-state index in [1.54, 1.807) is 0 Å². The van der Waals surface area contributed by atoms with Crippen LogP contribution in [0.2, 0.25) is 0 Å². The Hall–Kier alpha value is -0.360. The number of amides is 1. The number of hydrogen-bond donors (Lipinski definition) is 1. The highest BCUT2D eigenvalue weighted by molar-refractivity contribution is 5.85. The summed E-state index contributed by atoms with van der Waals surface area (Å²) in [6.07, 6.45) is 4.27. The van der Waals surface area contributed by atoms with Gasteiger partial charge in [-0.2, -0.15) is 0 Å². The molecule has 3 unspecified atom stereocenters. The van der Waals surface area contributed by atoms with Crippen LogP contribution < -0.4 is 5.32 Å². The third-order valence-corrected chi connectivity index (χ3v) is 4.43. The number of nitrogens with one attached hydrogen (secondary N) is 1. The summed E-state index contributed by atoms with van der Waals surface area (Å²) in [5.41, 5.74) is 0. The van der Waals surface area contributed by atoms with Gasteiger partial charge in [-0.25, -0.2) is 0 Å². The molecule has 3 aliphatic rings. The van der Waals surface area contributed by atoms with E-state index in [1.807, 2.05) is 11.9 Å². The lowest BCUT2D eigenvalue weighted by Gasteiger charge is -2.37. The van der Waals surface area contributed by atoms with Crippen molar-refractivity contribution < 1.29 is 14.3 Å². The summed E-state index contributed by atoms with van der Waals surface area (Å²) < 4.78 is 10.8. The molecule has 1 N–H and O–H groups in total. The van der Waals surface area contributed by atoms with Crippen molar-refractivity contribution in [2.75, 3.05) is 26.9 Å². The number of carbonyl (C=O) groups excluding carboxylic acids is 1. The first kappa shape index (κ1) is 15.0. The molecular weight excluding hydrogens is 268 g/mol. The molecule has 3 atom stereocenters. The van der Waals surface area contributed by atoms with Crippen LogP contribution in [-0.2, 0) is 14.3 Å². The van der Waals surface area contributed by atoms with E-state index in [0.717, 1.165) is 12.8 Å². The molecule has 0 radical (unpaired) electrons. The Labute approximate surface area is 120 Å². The minimum absolute atomic E-state index is 0. The van der Waals surface area contributed by atoms with E-state index in [0.29, 0.717) is 37.9 Å². The fourth-order valence-electron chi connectivity index (χ4n) is 3.38. The van der Waals surface area contributed by atoms with Crippen molar-refractivity contribution in [3.63, 3.8) is 0 Å². The van der Waals surface area contributed by atoms with Crippen LogP contribution in [-0.4, -0.2) is 61.9 Å². The molecule has 0 aromatic rings. The van der Waals surface area contributed by atoms with Crippen molar-refractivity contribution >= 4 is 18.3 Å². The molecule has 3 aliphatic heterocycles. The topological polar surface area (TPSA) is 50.8 Å². The molecule has 1 amide bonds. The van der Waals surface area contributed by atoms with Crippen LogP contribution in [0.4, 0.5) is 0 Å². The summed E-state index contributed by atoms with van der Waals surface area (Å²) in [4.78, 5) is 14.2. The first-order chi connectivity index (χ1) is 8.74. The first-order valence-electron chi connectivity index (χ1n) is 6.96. The van der Waals surface area contributed by atoms with Crippen LogP contribution in [0.5, 0.6) is 0 Å². The second-order valence-electron chi connectivity index (χ2n) is 5.65. The Bertz CT molecular complexity index is 311. The van der Waals surface area contributed by atoms with Crippen molar-refractivity contribution in [3.05, 3.63) is 0 Å². The van der Waals surface area contributed by atoms with Crippen LogP contribution in [0, 0.1) is 0 Å². The second kappa shape index (κ2) is 6.39. The van der Waals surface area contributed by atoms with E-state index in [9.17, 15) is 4.79 Å². The molecule has 3 rings (SSSR count). The SMILES string of the molecule is CN(C(=O)C1COCCO1)C1CC2CCC(C1)N2.Cl. The number of rotatable bonds is 2. The van der Waals surface area contributed by atoms with Gasteiger partial charge in [-0.05, 0) is 25.7 Å². The highest BCUT2D eigenvalue weighted by Gasteiger charge is 2.38. The molecule has 0 aromatic carbocycles. The van der Waals surface area contributed by atoms with Gasteiger partial charge in [-0.1, -0.05) is 0 Å². The zero-order chi connectivity index (χ0) is 12.5. The van der Waals surface area contributed by atoms with Gasteiger partial charge in [-0.15, -0.1) is 12.4 Å². The largest absolute Gasteiger partial charge is 0.376 e. The number of piperidine rings is 1. The number of likely N-dealkylation sites (N-methyl/N-ethyl adjacent to an activating group) is 1. The minimum Gasteiger partial charge on any atom is -0.376 e. The fourth-order valence-corrected chi connectivity index (χ4v) is 3.38. The Kier molecular flexibility index (Phi) is 5.06. The van der Waals surface area contributed by atoms with Gasteiger partial charge in [-0.3, -0.25) is 4.79 Å². The molecule has 110 valence electrons. The monoisotopic (exact) mass is 290 g/mol. The van der Waals surface area contributed by atoms with Crippen molar-refractivity contribution in [1.29, 1.82) is 0 Å². The van der Waals surface area contributed by atoms with Crippen LogP contribution in [0.1, 0.15) is 25.7 Å². The molecule has 3 heterocycles. The lowest BCUT2D eigenvalue weighted by molar-refractivity contribution is -0.159. The standard InChI is InChI=1S/C13H22N2O3.ClH/c1-15(13(16)12-8-17-4-5-18-12)11-6-9-2-3-10(7-11)14-9;/h9-12,14H,2-8H2,1H3;1H. The summed E-state index contributed by atoms with van der Waals surface area (Å²) >= 11 is 0. The Balaban J connectivity index is 0.00000133. The molecule has 0 aromatic heterocycles. The van der Waals surface area contributed by atoms with Gasteiger partial charge < -0.3 is 19.7 Å². The maximum atomic E-state index is 12.3. The number of ether oxygens (including phenoxy) is 2. The average molecular weight is 291 g/mol. The third kappa shape index (κ3) is 3.21. The van der Waals surface area contributed by atoms with Crippen molar-refractivity contribution in [1.82, 2.24) is 10.2 Å². The predicted octanol–water partition coefficient (Wildman–Crippen LogP) is 0.565. The zero-order valence-corrected chi connectivity index (χ0v) is 12.2. The van der Waals surface area contributed by atoms with E-state index in [4.69, 9.17) is 9.47 Å². The summed E-state index contributed by atoms with van der Waals surface area (Å²) in [6.45, 7) is 1.54. The molecule has 3 fully saturated rings. The normalized spacial score (nSPS) is 37.5. The van der Waals surface area contributed by atoms with Crippen LogP contribution >= 0.6 is 12.4 Å². The first-order valence-corrected chi connectivity index (χ1v) is 6.96. The van der Waals surface area contributed by atoms with E-state index >= 15 is 0 Å². The molecule has 5 nitrogen and oxygen atoms in total. The van der Waals surface area contributed by atoms with Crippen molar-refractivity contribution in [2.45, 2.75) is 49.9 Å². The van der Waals surface area contributed by atoms with E-state index in [-0.39, 0.29) is 18.3 Å². The molecule has 6 heteroatoms. The molecular formula is C13H23ClN2O3. The van der Waals surface area contributed by atoms with E-state index in [1.165, 1.54) is 12.8 Å². The van der Waals surface area contributed by atoms with Gasteiger partial charge >= 0.3 is 0 Å². The summed E-state index contributed by atoms with van der Waals surface area (Å²) in [5, 5.41) is 3.60. The minimum atomic E-state index is -0.392. The van der Waals surface area contributed by atoms with E-state index < -0.39 is 6.10 Å². The number of carbonyl (C=O) groups is 1. The van der Waals surface area contributed by atoms with Crippen LogP contribution in [0.15, 0.2) is 0 Å². The summed E-state index contributed by atoms with van der Waals surface area (Å²) in [6, 6.07) is 1.57. The van der Waals surface area contributed by atoms with Crippen LogP contribution in [0.3, 0.4) is 0 Å². The number of hydrogen-bond acceptors (Lipinski definition) is 4. The smallest absolute Gasteiger partial charge is 0.254 e. The molecule has 0 spiro atoms. The number of fused-ring (bicyclic) bond motifs is 2. The molecule has 0 aliphatic carbocycles. The van der Waals surface area contributed by atoms with Gasteiger partial charge in [0.2, 0.25) is 0 Å². The van der Waals surface area contributed by atoms with Crippen molar-refractivity contribution in [3.8, 4) is 0 Å². The maximum absolute atomic E-state index is 12.3. The van der Waals surface area contributed by atoms with Crippen molar-refractivity contribution in [2.24, 2.45) is 0 Å². The molecule has 0 saturated carbocycles. The number of nitrogens with zero attached hydrogens (tertiary/aromatic N) is 1. The predicted molar refractivity (Wildman–Crippen MR) is 73.5 cm³/mol. The quantitative estimate of drug-likeness (QED) is 0.808. The van der Waals surface area contributed by atoms with Gasteiger partial charge in [0.25, 0.3) is 5.91 Å². The lowest BCUT2D eigenvalue weighted by atomic mass is 9.98. The van der Waals surface area contributed by atoms with Gasteiger partial charge in [0.05, 0.1) is 19.8 Å². The average Bonchev–Trinajstić information content (AvgIpc) is 2.77.